The second-order valence-corrected chi connectivity index (χ2v) is 9.71. The van der Waals surface area contributed by atoms with Gasteiger partial charge in [-0.25, -0.2) is 0 Å². The van der Waals surface area contributed by atoms with Gasteiger partial charge in [0.15, 0.2) is 0 Å². The average Bonchev–Trinajstić information content (AvgIpc) is 2.94. The van der Waals surface area contributed by atoms with Crippen LogP contribution in [0.1, 0.15) is 72.5 Å². The van der Waals surface area contributed by atoms with E-state index in [4.69, 9.17) is 9.47 Å². The van der Waals surface area contributed by atoms with Crippen LogP contribution in [0.4, 0.5) is 5.69 Å². The lowest BCUT2D eigenvalue weighted by atomic mass is 9.77. The number of methoxy groups -OCH3 is 1. The molecule has 2 atom stereocenters. The fourth-order valence-corrected chi connectivity index (χ4v) is 5.81. The maximum atomic E-state index is 14.2. The Morgan fingerprint density at radius 3 is 2.38 bits per heavy atom. The van der Waals surface area contributed by atoms with Crippen molar-refractivity contribution in [1.29, 1.82) is 0 Å². The molecule has 6 heteroatoms. The Morgan fingerprint density at radius 2 is 1.65 bits per heavy atom. The smallest absolute Gasteiger partial charge is 0.254 e. The predicted molar refractivity (Wildman–Crippen MR) is 144 cm³/mol. The highest BCUT2D eigenvalue weighted by molar-refractivity contribution is 6.05. The maximum absolute atomic E-state index is 14.2. The van der Waals surface area contributed by atoms with Gasteiger partial charge in [0.2, 0.25) is 5.91 Å². The first-order chi connectivity index (χ1) is 18.1. The molecule has 5 rings (SSSR count). The fraction of sp³-hybridized carbons (Fsp3) is 0.355. The van der Waals surface area contributed by atoms with Crippen molar-refractivity contribution >= 4 is 17.5 Å². The van der Waals surface area contributed by atoms with E-state index in [0.29, 0.717) is 23.6 Å². The van der Waals surface area contributed by atoms with Crippen molar-refractivity contribution in [1.82, 2.24) is 4.90 Å². The molecule has 0 radical (unpaired) electrons. The van der Waals surface area contributed by atoms with Crippen molar-refractivity contribution in [3.8, 4) is 11.5 Å². The maximum Gasteiger partial charge on any atom is 0.254 e. The van der Waals surface area contributed by atoms with Gasteiger partial charge in [0.1, 0.15) is 11.5 Å². The van der Waals surface area contributed by atoms with Crippen LogP contribution in [0, 0.1) is 0 Å². The summed E-state index contributed by atoms with van der Waals surface area (Å²) in [5.74, 6) is 0.625. The summed E-state index contributed by atoms with van der Waals surface area (Å²) in [6, 6.07) is 22.4. The molecule has 1 saturated carbocycles. The number of nitrogens with one attached hydrogen (secondary N) is 1. The monoisotopic (exact) mass is 498 g/mol. The van der Waals surface area contributed by atoms with Crippen molar-refractivity contribution in [2.75, 3.05) is 19.0 Å². The molecule has 0 unspecified atom stereocenters. The third kappa shape index (κ3) is 4.93. The lowest BCUT2D eigenvalue weighted by Gasteiger charge is -2.46. The Bertz CT molecular complexity index is 1250. The van der Waals surface area contributed by atoms with Gasteiger partial charge in [0, 0.05) is 11.6 Å². The van der Waals surface area contributed by atoms with Crippen LogP contribution in [0.25, 0.3) is 0 Å². The molecule has 0 spiro atoms. The molecule has 37 heavy (non-hydrogen) atoms. The number of carbonyl (C=O) groups excluding carboxylic acids is 2. The number of anilines is 1. The Hall–Kier alpha value is -3.80. The molecule has 6 nitrogen and oxygen atoms in total. The SMILES string of the molecule is CCOc1ccccc1NC(=O)[C@@H]1c2ccccc2C(=O)N(C2CCCCC2)[C@H]1c1ccc(OC)cc1. The first kappa shape index (κ1) is 24.9. The van der Waals surface area contributed by atoms with E-state index in [1.165, 1.54) is 6.42 Å². The van der Waals surface area contributed by atoms with Crippen LogP contribution >= 0.6 is 0 Å². The van der Waals surface area contributed by atoms with Crippen LogP contribution in [-0.4, -0.2) is 36.5 Å². The van der Waals surface area contributed by atoms with Crippen molar-refractivity contribution in [3.63, 3.8) is 0 Å². The van der Waals surface area contributed by atoms with Gasteiger partial charge in [0.05, 0.1) is 31.4 Å². The molecule has 1 aliphatic heterocycles. The van der Waals surface area contributed by atoms with E-state index >= 15 is 0 Å². The first-order valence-corrected chi connectivity index (χ1v) is 13.2. The van der Waals surface area contributed by atoms with Crippen LogP contribution in [0.15, 0.2) is 72.8 Å². The molecule has 0 saturated heterocycles. The standard InChI is InChI=1S/C31H34N2O4/c1-3-37-27-16-10-9-15-26(27)32-30(34)28-24-13-7-8-14-25(24)31(35)33(22-11-5-4-6-12-22)29(28)21-17-19-23(36-2)20-18-21/h7-10,13-20,22,28-29H,3-6,11-12H2,1-2H3,(H,32,34)/t28-,29+/m1/s1. The summed E-state index contributed by atoms with van der Waals surface area (Å²) in [4.78, 5) is 30.2. The molecule has 1 heterocycles. The highest BCUT2D eigenvalue weighted by Gasteiger charge is 2.46. The van der Waals surface area contributed by atoms with Crippen LogP contribution < -0.4 is 14.8 Å². The minimum atomic E-state index is -0.584. The summed E-state index contributed by atoms with van der Waals surface area (Å²) in [7, 11) is 1.63. The first-order valence-electron chi connectivity index (χ1n) is 13.2. The quantitative estimate of drug-likeness (QED) is 0.412. The van der Waals surface area contributed by atoms with Gasteiger partial charge < -0.3 is 19.7 Å². The molecule has 0 bridgehead atoms. The number of benzene rings is 3. The predicted octanol–water partition coefficient (Wildman–Crippen LogP) is 6.35. The summed E-state index contributed by atoms with van der Waals surface area (Å²) in [5, 5.41) is 3.14. The molecular formula is C31H34N2O4. The molecule has 1 N–H and O–H groups in total. The molecule has 2 aliphatic rings. The van der Waals surface area contributed by atoms with E-state index in [0.717, 1.165) is 42.6 Å². The minimum Gasteiger partial charge on any atom is -0.497 e. The Balaban J connectivity index is 1.63. The van der Waals surface area contributed by atoms with Gasteiger partial charge in [-0.2, -0.15) is 0 Å². The zero-order valence-corrected chi connectivity index (χ0v) is 21.5. The Kier molecular flexibility index (Phi) is 7.45. The summed E-state index contributed by atoms with van der Waals surface area (Å²) >= 11 is 0. The summed E-state index contributed by atoms with van der Waals surface area (Å²) in [5.41, 5.74) is 2.91. The summed E-state index contributed by atoms with van der Waals surface area (Å²) in [6.07, 6.45) is 5.25. The fourth-order valence-electron chi connectivity index (χ4n) is 5.81. The van der Waals surface area contributed by atoms with Crippen LogP contribution in [-0.2, 0) is 4.79 Å². The van der Waals surface area contributed by atoms with Crippen LogP contribution in [0.2, 0.25) is 0 Å². The van der Waals surface area contributed by atoms with Gasteiger partial charge in [0.25, 0.3) is 5.91 Å². The lowest BCUT2D eigenvalue weighted by molar-refractivity contribution is -0.119. The van der Waals surface area contributed by atoms with Crippen LogP contribution in [0.3, 0.4) is 0 Å². The average molecular weight is 499 g/mol. The molecule has 1 fully saturated rings. The number of hydrogen-bond donors (Lipinski definition) is 1. The van der Waals surface area contributed by atoms with E-state index in [-0.39, 0.29) is 17.9 Å². The molecule has 2 amide bonds. The van der Waals surface area contributed by atoms with E-state index in [9.17, 15) is 9.59 Å². The van der Waals surface area contributed by atoms with Gasteiger partial charge in [-0.1, -0.05) is 61.7 Å². The van der Waals surface area contributed by atoms with Gasteiger partial charge in [-0.15, -0.1) is 0 Å². The summed E-state index contributed by atoms with van der Waals surface area (Å²) in [6.45, 7) is 2.42. The molecule has 1 aliphatic carbocycles. The van der Waals surface area contributed by atoms with Crippen LogP contribution in [0.5, 0.6) is 11.5 Å². The highest BCUT2D eigenvalue weighted by atomic mass is 16.5. The van der Waals surface area contributed by atoms with E-state index < -0.39 is 12.0 Å². The number of para-hydroxylation sites is 2. The van der Waals surface area contributed by atoms with Gasteiger partial charge >= 0.3 is 0 Å². The minimum absolute atomic E-state index is 0.00193. The number of carbonyl (C=O) groups is 2. The highest BCUT2D eigenvalue weighted by Crippen LogP contribution is 2.46. The largest absolute Gasteiger partial charge is 0.497 e. The number of nitrogens with zero attached hydrogens (tertiary/aromatic N) is 1. The molecule has 3 aromatic rings. The molecule has 192 valence electrons. The normalized spacial score (nSPS) is 19.7. The van der Waals surface area contributed by atoms with Crippen molar-refractivity contribution in [3.05, 3.63) is 89.5 Å². The number of hydrogen-bond acceptors (Lipinski definition) is 4. The summed E-state index contributed by atoms with van der Waals surface area (Å²) < 4.78 is 11.2. The van der Waals surface area contributed by atoms with E-state index in [1.807, 2.05) is 84.6 Å². The number of ether oxygens (including phenoxy) is 2. The lowest BCUT2D eigenvalue weighted by Crippen LogP contribution is -2.51. The van der Waals surface area contributed by atoms with E-state index in [2.05, 4.69) is 5.32 Å². The number of fused-ring (bicyclic) bond motifs is 1. The van der Waals surface area contributed by atoms with Gasteiger partial charge in [-0.05, 0) is 61.2 Å². The number of rotatable bonds is 7. The third-order valence-corrected chi connectivity index (χ3v) is 7.53. The zero-order valence-electron chi connectivity index (χ0n) is 21.5. The van der Waals surface area contributed by atoms with E-state index in [1.54, 1.807) is 7.11 Å². The Morgan fingerprint density at radius 1 is 0.946 bits per heavy atom. The molecule has 0 aromatic heterocycles. The van der Waals surface area contributed by atoms with Crippen molar-refractivity contribution < 1.29 is 19.1 Å². The topological polar surface area (TPSA) is 67.9 Å². The second-order valence-electron chi connectivity index (χ2n) is 9.71. The van der Waals surface area contributed by atoms with Crippen molar-refractivity contribution in [2.24, 2.45) is 0 Å². The zero-order chi connectivity index (χ0) is 25.8. The molecular weight excluding hydrogens is 464 g/mol. The third-order valence-electron chi connectivity index (χ3n) is 7.53. The second kappa shape index (κ2) is 11.1. The molecule has 3 aromatic carbocycles. The van der Waals surface area contributed by atoms with Gasteiger partial charge in [-0.3, -0.25) is 9.59 Å². The Labute approximate surface area is 218 Å². The van der Waals surface area contributed by atoms with Crippen molar-refractivity contribution in [2.45, 2.75) is 57.0 Å². The number of amides is 2.